The van der Waals surface area contributed by atoms with E-state index in [0.717, 1.165) is 31.4 Å². The van der Waals surface area contributed by atoms with Gasteiger partial charge < -0.3 is 10.2 Å². The first kappa shape index (κ1) is 11.3. The highest BCUT2D eigenvalue weighted by Gasteiger charge is 1.99. The van der Waals surface area contributed by atoms with Crippen molar-refractivity contribution >= 4 is 12.6 Å². The first-order valence-electron chi connectivity index (χ1n) is 4.21. The van der Waals surface area contributed by atoms with Gasteiger partial charge >= 0.3 is 0 Å². The van der Waals surface area contributed by atoms with Crippen LogP contribution in [0.5, 0.6) is 0 Å². The highest BCUT2D eigenvalue weighted by Crippen LogP contribution is 2.05. The molecule has 0 bridgehead atoms. The Morgan fingerprint density at radius 1 is 1.09 bits per heavy atom. The van der Waals surface area contributed by atoms with Crippen molar-refractivity contribution in [2.45, 2.75) is 38.2 Å². The minimum Gasteiger partial charge on any atom is -0.394 e. The molecule has 0 rings (SSSR count). The van der Waals surface area contributed by atoms with Gasteiger partial charge in [0.05, 0.1) is 12.7 Å². The van der Waals surface area contributed by atoms with Crippen molar-refractivity contribution in [3.8, 4) is 0 Å². The molecule has 0 aliphatic heterocycles. The predicted octanol–water partition coefficient (Wildman–Crippen LogP) is 1.22. The summed E-state index contributed by atoms with van der Waals surface area (Å²) in [5.41, 5.74) is 0. The summed E-state index contributed by atoms with van der Waals surface area (Å²) in [5.74, 6) is 0.947. The maximum atomic E-state index is 8.95. The first-order chi connectivity index (χ1) is 5.31. The van der Waals surface area contributed by atoms with Gasteiger partial charge in [0, 0.05) is 0 Å². The van der Waals surface area contributed by atoms with Crippen LogP contribution in [0, 0.1) is 0 Å². The Labute approximate surface area is 74.0 Å². The molecule has 0 saturated carbocycles. The molecule has 0 saturated heterocycles. The molecule has 0 aliphatic carbocycles. The lowest BCUT2D eigenvalue weighted by molar-refractivity contribution is 0.0860. The van der Waals surface area contributed by atoms with E-state index in [0.29, 0.717) is 0 Å². The molecule has 68 valence electrons. The van der Waals surface area contributed by atoms with Crippen molar-refractivity contribution in [3.05, 3.63) is 0 Å². The molecule has 1 unspecified atom stereocenters. The molecule has 2 N–H and O–H groups in total. The molecule has 0 radical (unpaired) electrons. The molecule has 0 spiro atoms. The zero-order chi connectivity index (χ0) is 8.53. The maximum absolute atomic E-state index is 8.95. The predicted molar refractivity (Wildman–Crippen MR) is 50.0 cm³/mol. The van der Waals surface area contributed by atoms with Crippen molar-refractivity contribution in [2.24, 2.45) is 0 Å². The largest absolute Gasteiger partial charge is 0.394 e. The van der Waals surface area contributed by atoms with Gasteiger partial charge in [-0.25, -0.2) is 0 Å². The second kappa shape index (κ2) is 8.37. The van der Waals surface area contributed by atoms with Gasteiger partial charge in [-0.15, -0.1) is 0 Å². The van der Waals surface area contributed by atoms with Gasteiger partial charge in [0.1, 0.15) is 0 Å². The molecule has 3 heteroatoms. The van der Waals surface area contributed by atoms with Crippen LogP contribution in [-0.2, 0) is 0 Å². The number of aliphatic hydroxyl groups is 2. The molecule has 0 heterocycles. The standard InChI is InChI=1S/C8H18O2S/c9-7-8(10)5-3-1-2-4-6-11/h8-11H,1-7H2. The van der Waals surface area contributed by atoms with Gasteiger partial charge in [-0.2, -0.15) is 12.6 Å². The van der Waals surface area contributed by atoms with Crippen LogP contribution >= 0.6 is 12.6 Å². The smallest absolute Gasteiger partial charge is 0.0770 e. The third-order valence-corrected chi connectivity index (χ3v) is 1.97. The lowest BCUT2D eigenvalue weighted by Gasteiger charge is -2.05. The summed E-state index contributed by atoms with van der Waals surface area (Å²) in [4.78, 5) is 0. The van der Waals surface area contributed by atoms with Crippen LogP contribution in [0.1, 0.15) is 32.1 Å². The fraction of sp³-hybridized carbons (Fsp3) is 1.00. The summed E-state index contributed by atoms with van der Waals surface area (Å²) in [6, 6.07) is 0. The van der Waals surface area contributed by atoms with Gasteiger partial charge in [0.25, 0.3) is 0 Å². The van der Waals surface area contributed by atoms with Crippen LogP contribution < -0.4 is 0 Å². The minimum absolute atomic E-state index is 0.105. The number of hydrogen-bond donors (Lipinski definition) is 3. The summed E-state index contributed by atoms with van der Waals surface area (Å²) in [6.45, 7) is -0.105. The van der Waals surface area contributed by atoms with E-state index in [-0.39, 0.29) is 6.61 Å². The van der Waals surface area contributed by atoms with E-state index in [4.69, 9.17) is 10.2 Å². The maximum Gasteiger partial charge on any atom is 0.0770 e. The van der Waals surface area contributed by atoms with Crippen LogP contribution in [0.2, 0.25) is 0 Å². The van der Waals surface area contributed by atoms with Crippen molar-refractivity contribution in [3.63, 3.8) is 0 Å². The Bertz CT molecular complexity index is 78.5. The van der Waals surface area contributed by atoms with E-state index in [1.54, 1.807) is 0 Å². The lowest BCUT2D eigenvalue weighted by Crippen LogP contribution is -2.10. The number of thiol groups is 1. The molecule has 1 atom stereocenters. The average molecular weight is 178 g/mol. The van der Waals surface area contributed by atoms with Crippen LogP contribution in [0.15, 0.2) is 0 Å². The third kappa shape index (κ3) is 8.17. The molecule has 0 amide bonds. The van der Waals surface area contributed by atoms with Gasteiger partial charge in [-0.3, -0.25) is 0 Å². The van der Waals surface area contributed by atoms with Crippen LogP contribution in [0.4, 0.5) is 0 Å². The van der Waals surface area contributed by atoms with E-state index in [1.807, 2.05) is 0 Å². The first-order valence-corrected chi connectivity index (χ1v) is 4.84. The van der Waals surface area contributed by atoms with Gasteiger partial charge in [-0.05, 0) is 18.6 Å². The quantitative estimate of drug-likeness (QED) is 0.405. The van der Waals surface area contributed by atoms with E-state index in [2.05, 4.69) is 12.6 Å². The summed E-state index contributed by atoms with van der Waals surface area (Å²) in [6.07, 6.45) is 4.70. The van der Waals surface area contributed by atoms with Gasteiger partial charge in [0.15, 0.2) is 0 Å². The molecule has 11 heavy (non-hydrogen) atoms. The summed E-state index contributed by atoms with van der Waals surface area (Å²) in [5, 5.41) is 17.4. The molecule has 0 fully saturated rings. The summed E-state index contributed by atoms with van der Waals surface area (Å²) in [7, 11) is 0. The number of aliphatic hydroxyl groups excluding tert-OH is 2. The summed E-state index contributed by atoms with van der Waals surface area (Å²) >= 11 is 4.09. The molecular formula is C8H18O2S. The Kier molecular flexibility index (Phi) is 8.57. The molecule has 0 aromatic carbocycles. The van der Waals surface area contributed by atoms with Crippen molar-refractivity contribution in [2.75, 3.05) is 12.4 Å². The highest BCUT2D eigenvalue weighted by molar-refractivity contribution is 7.80. The fourth-order valence-electron chi connectivity index (χ4n) is 0.937. The third-order valence-electron chi connectivity index (χ3n) is 1.66. The van der Waals surface area contributed by atoms with E-state index >= 15 is 0 Å². The topological polar surface area (TPSA) is 40.5 Å². The molecular weight excluding hydrogens is 160 g/mol. The molecule has 0 aliphatic rings. The van der Waals surface area contributed by atoms with Crippen LogP contribution in [0.3, 0.4) is 0 Å². The zero-order valence-electron chi connectivity index (χ0n) is 6.87. The van der Waals surface area contributed by atoms with E-state index in [9.17, 15) is 0 Å². The van der Waals surface area contributed by atoms with Crippen molar-refractivity contribution in [1.82, 2.24) is 0 Å². The Morgan fingerprint density at radius 3 is 2.27 bits per heavy atom. The number of unbranched alkanes of at least 4 members (excludes halogenated alkanes) is 3. The lowest BCUT2D eigenvalue weighted by atomic mass is 10.1. The second-order valence-corrected chi connectivity index (χ2v) is 3.21. The normalized spacial score (nSPS) is 13.4. The van der Waals surface area contributed by atoms with Crippen LogP contribution in [0.25, 0.3) is 0 Å². The van der Waals surface area contributed by atoms with Crippen molar-refractivity contribution < 1.29 is 10.2 Å². The molecule has 2 nitrogen and oxygen atoms in total. The average Bonchev–Trinajstić information content (AvgIpc) is 2.04. The summed E-state index contributed by atoms with van der Waals surface area (Å²) < 4.78 is 0. The molecule has 0 aromatic heterocycles. The fourth-order valence-corrected chi connectivity index (χ4v) is 1.16. The SMILES string of the molecule is OCC(O)CCCCCCS. The monoisotopic (exact) mass is 178 g/mol. The zero-order valence-corrected chi connectivity index (χ0v) is 7.76. The Balaban J connectivity index is 2.89. The number of rotatable bonds is 7. The highest BCUT2D eigenvalue weighted by atomic mass is 32.1. The second-order valence-electron chi connectivity index (χ2n) is 2.76. The molecule has 0 aromatic rings. The van der Waals surface area contributed by atoms with E-state index in [1.165, 1.54) is 6.42 Å². The van der Waals surface area contributed by atoms with E-state index < -0.39 is 6.10 Å². The minimum atomic E-state index is -0.508. The Hall–Kier alpha value is 0.270. The number of hydrogen-bond acceptors (Lipinski definition) is 3. The Morgan fingerprint density at radius 2 is 1.73 bits per heavy atom. The van der Waals surface area contributed by atoms with Gasteiger partial charge in [-0.1, -0.05) is 19.3 Å². The van der Waals surface area contributed by atoms with Crippen molar-refractivity contribution in [1.29, 1.82) is 0 Å². The van der Waals surface area contributed by atoms with Crippen LogP contribution in [-0.4, -0.2) is 28.7 Å². The van der Waals surface area contributed by atoms with Gasteiger partial charge in [0.2, 0.25) is 0 Å².